The summed E-state index contributed by atoms with van der Waals surface area (Å²) in [5, 5.41) is 8.77. The Bertz CT molecular complexity index is 475. The molecule has 1 aromatic carbocycles. The zero-order valence-electron chi connectivity index (χ0n) is 10.1. The van der Waals surface area contributed by atoms with Crippen molar-refractivity contribution in [3.8, 4) is 11.5 Å². The second kappa shape index (κ2) is 4.19. The molecule has 1 fully saturated rings. The maximum atomic E-state index is 10.7. The first-order chi connectivity index (χ1) is 8.67. The molecule has 4 heteroatoms. The minimum absolute atomic E-state index is 0.0157. The molecule has 96 valence electrons. The molecule has 1 N–H and O–H groups in total. The summed E-state index contributed by atoms with van der Waals surface area (Å²) in [6.45, 7) is 0.580. The number of ether oxygens (including phenoxy) is 2. The van der Waals surface area contributed by atoms with Crippen molar-refractivity contribution in [3.63, 3.8) is 0 Å². The molecule has 4 nitrogen and oxygen atoms in total. The number of rotatable bonds is 2. The van der Waals surface area contributed by atoms with Gasteiger partial charge in [-0.1, -0.05) is 6.07 Å². The molecule has 1 aliphatic carbocycles. The van der Waals surface area contributed by atoms with E-state index >= 15 is 0 Å². The molecule has 1 saturated carbocycles. The Morgan fingerprint density at radius 2 is 2.06 bits per heavy atom. The van der Waals surface area contributed by atoms with E-state index in [1.165, 1.54) is 12.8 Å². The highest BCUT2D eigenvalue weighted by molar-refractivity contribution is 5.70. The lowest BCUT2D eigenvalue weighted by Crippen LogP contribution is -2.42. The molecule has 1 aromatic rings. The quantitative estimate of drug-likeness (QED) is 0.873. The number of carbonyl (C=O) groups is 1. The monoisotopic (exact) mass is 248 g/mol. The molecule has 3 rings (SSSR count). The van der Waals surface area contributed by atoms with Gasteiger partial charge in [-0.25, -0.2) is 0 Å². The molecular weight excluding hydrogens is 232 g/mol. The average Bonchev–Trinajstić information content (AvgIpc) is 2.77. The van der Waals surface area contributed by atoms with Crippen LogP contribution in [0.4, 0.5) is 0 Å². The fourth-order valence-electron chi connectivity index (χ4n) is 2.77. The van der Waals surface area contributed by atoms with E-state index in [0.717, 1.165) is 24.2 Å². The van der Waals surface area contributed by atoms with Crippen LogP contribution in [0, 0.1) is 0 Å². The summed E-state index contributed by atoms with van der Waals surface area (Å²) in [6, 6.07) is 5.39. The number of fused-ring (bicyclic) bond motifs is 1. The van der Waals surface area contributed by atoms with Gasteiger partial charge >= 0.3 is 5.97 Å². The molecule has 0 aromatic heterocycles. The van der Waals surface area contributed by atoms with Crippen molar-refractivity contribution in [2.24, 2.45) is 0 Å². The van der Waals surface area contributed by atoms with Crippen molar-refractivity contribution in [2.75, 3.05) is 6.61 Å². The molecule has 0 saturated heterocycles. The molecule has 1 heterocycles. The lowest BCUT2D eigenvalue weighted by molar-refractivity contribution is -0.136. The van der Waals surface area contributed by atoms with E-state index in [9.17, 15) is 4.79 Å². The highest BCUT2D eigenvalue weighted by Gasteiger charge is 2.40. The third kappa shape index (κ3) is 2.03. The zero-order valence-corrected chi connectivity index (χ0v) is 10.1. The van der Waals surface area contributed by atoms with Gasteiger partial charge < -0.3 is 14.6 Å². The van der Waals surface area contributed by atoms with Crippen LogP contribution in [0.25, 0.3) is 0 Å². The zero-order chi connectivity index (χ0) is 12.6. The number of hydrogen-bond donors (Lipinski definition) is 1. The van der Waals surface area contributed by atoms with Crippen LogP contribution in [0.15, 0.2) is 18.2 Å². The van der Waals surface area contributed by atoms with Crippen LogP contribution in [0.5, 0.6) is 11.5 Å². The van der Waals surface area contributed by atoms with Crippen LogP contribution in [0.2, 0.25) is 0 Å². The Labute approximate surface area is 106 Å². The van der Waals surface area contributed by atoms with Gasteiger partial charge in [-0.2, -0.15) is 0 Å². The maximum absolute atomic E-state index is 10.7. The molecule has 0 atom stereocenters. The fourth-order valence-corrected chi connectivity index (χ4v) is 2.77. The first-order valence-corrected chi connectivity index (χ1v) is 6.33. The lowest BCUT2D eigenvalue weighted by atomic mass is 10.0. The molecule has 1 aliphatic heterocycles. The van der Waals surface area contributed by atoms with Gasteiger partial charge in [-0.15, -0.1) is 0 Å². The Kier molecular flexibility index (Phi) is 2.65. The van der Waals surface area contributed by atoms with Crippen molar-refractivity contribution in [2.45, 2.75) is 37.7 Å². The van der Waals surface area contributed by atoms with Gasteiger partial charge in [-0.3, -0.25) is 4.79 Å². The molecule has 18 heavy (non-hydrogen) atoms. The molecular formula is C14H16O4. The van der Waals surface area contributed by atoms with Gasteiger partial charge in [0.1, 0.15) is 12.2 Å². The summed E-state index contributed by atoms with van der Waals surface area (Å²) < 4.78 is 11.8. The maximum Gasteiger partial charge on any atom is 0.307 e. The fraction of sp³-hybridized carbons (Fsp3) is 0.500. The van der Waals surface area contributed by atoms with E-state index in [1.807, 2.05) is 6.07 Å². The van der Waals surface area contributed by atoms with Gasteiger partial charge in [0, 0.05) is 0 Å². The number of carboxylic acid groups (broad SMARTS) is 1. The number of hydrogen-bond acceptors (Lipinski definition) is 3. The van der Waals surface area contributed by atoms with Crippen LogP contribution in [-0.4, -0.2) is 23.3 Å². The summed E-state index contributed by atoms with van der Waals surface area (Å²) in [6.07, 6.45) is 4.49. The minimum Gasteiger partial charge on any atom is -0.486 e. The van der Waals surface area contributed by atoms with E-state index in [4.69, 9.17) is 14.6 Å². The first-order valence-electron chi connectivity index (χ1n) is 6.33. The van der Waals surface area contributed by atoms with Crippen LogP contribution in [-0.2, 0) is 11.2 Å². The Morgan fingerprint density at radius 1 is 1.28 bits per heavy atom. The second-order valence-electron chi connectivity index (χ2n) is 5.13. The Hall–Kier alpha value is -1.71. The first kappa shape index (κ1) is 11.4. The Morgan fingerprint density at radius 3 is 2.78 bits per heavy atom. The molecule has 0 radical (unpaired) electrons. The summed E-state index contributed by atoms with van der Waals surface area (Å²) >= 11 is 0. The SMILES string of the molecule is O=C(O)Cc1ccc2c(c1)OCC1(CCCC1)O2. The molecule has 0 unspecified atom stereocenters. The van der Waals surface area contributed by atoms with E-state index in [2.05, 4.69) is 0 Å². The highest BCUT2D eigenvalue weighted by atomic mass is 16.6. The van der Waals surface area contributed by atoms with Crippen LogP contribution in [0.3, 0.4) is 0 Å². The van der Waals surface area contributed by atoms with Crippen molar-refractivity contribution < 1.29 is 19.4 Å². The van der Waals surface area contributed by atoms with Gasteiger partial charge in [0.2, 0.25) is 0 Å². The molecule has 0 bridgehead atoms. The predicted molar refractivity (Wildman–Crippen MR) is 65.1 cm³/mol. The van der Waals surface area contributed by atoms with Crippen LogP contribution >= 0.6 is 0 Å². The number of carboxylic acids is 1. The third-order valence-electron chi connectivity index (χ3n) is 3.70. The highest BCUT2D eigenvalue weighted by Crippen LogP contribution is 2.42. The second-order valence-corrected chi connectivity index (χ2v) is 5.13. The number of aliphatic carboxylic acids is 1. The summed E-state index contributed by atoms with van der Waals surface area (Å²) in [5.74, 6) is 0.586. The van der Waals surface area contributed by atoms with Crippen LogP contribution < -0.4 is 9.47 Å². The number of benzene rings is 1. The van der Waals surface area contributed by atoms with Crippen molar-refractivity contribution in [1.82, 2.24) is 0 Å². The minimum atomic E-state index is -0.834. The van der Waals surface area contributed by atoms with Crippen molar-refractivity contribution in [1.29, 1.82) is 0 Å². The standard InChI is InChI=1S/C14H16O4/c15-13(16)8-10-3-4-11-12(7-10)17-9-14(18-11)5-1-2-6-14/h3-4,7H,1-2,5-6,8-9H2,(H,15,16). The topological polar surface area (TPSA) is 55.8 Å². The summed E-state index contributed by atoms with van der Waals surface area (Å²) in [4.78, 5) is 10.7. The third-order valence-corrected chi connectivity index (χ3v) is 3.70. The van der Waals surface area contributed by atoms with E-state index in [0.29, 0.717) is 12.4 Å². The van der Waals surface area contributed by atoms with E-state index < -0.39 is 5.97 Å². The predicted octanol–water partition coefficient (Wildman–Crippen LogP) is 2.40. The van der Waals surface area contributed by atoms with E-state index in [1.54, 1.807) is 12.1 Å². The van der Waals surface area contributed by atoms with E-state index in [-0.39, 0.29) is 12.0 Å². The Balaban J connectivity index is 1.83. The molecule has 0 amide bonds. The lowest BCUT2D eigenvalue weighted by Gasteiger charge is -2.35. The molecule has 1 spiro atoms. The van der Waals surface area contributed by atoms with Gasteiger partial charge in [-0.05, 0) is 43.4 Å². The molecule has 2 aliphatic rings. The van der Waals surface area contributed by atoms with Gasteiger partial charge in [0.05, 0.1) is 6.42 Å². The van der Waals surface area contributed by atoms with Crippen molar-refractivity contribution >= 4 is 5.97 Å². The van der Waals surface area contributed by atoms with Crippen molar-refractivity contribution in [3.05, 3.63) is 23.8 Å². The average molecular weight is 248 g/mol. The summed E-state index contributed by atoms with van der Waals surface area (Å²) in [5.41, 5.74) is 0.605. The largest absolute Gasteiger partial charge is 0.486 e. The smallest absolute Gasteiger partial charge is 0.307 e. The van der Waals surface area contributed by atoms with Gasteiger partial charge in [0.25, 0.3) is 0 Å². The van der Waals surface area contributed by atoms with Gasteiger partial charge in [0.15, 0.2) is 11.5 Å². The summed E-state index contributed by atoms with van der Waals surface area (Å²) in [7, 11) is 0. The van der Waals surface area contributed by atoms with Crippen LogP contribution in [0.1, 0.15) is 31.2 Å². The normalized spacial score (nSPS) is 20.0.